The smallest absolute Gasteiger partial charge is 0.339 e. The van der Waals surface area contributed by atoms with Gasteiger partial charge in [-0.2, -0.15) is 4.90 Å². The molecule has 0 fully saturated rings. The van der Waals surface area contributed by atoms with E-state index in [9.17, 15) is 9.59 Å². The number of nitrogens with one attached hydrogen (secondary N) is 1. The van der Waals surface area contributed by atoms with Crippen molar-refractivity contribution >= 4 is 34.2 Å². The van der Waals surface area contributed by atoms with Crippen molar-refractivity contribution in [1.29, 1.82) is 0 Å². The molecule has 1 aliphatic heterocycles. The molecule has 8 heteroatoms. The van der Waals surface area contributed by atoms with Gasteiger partial charge in [-0.3, -0.25) is 4.79 Å². The van der Waals surface area contributed by atoms with Gasteiger partial charge in [0.15, 0.2) is 0 Å². The summed E-state index contributed by atoms with van der Waals surface area (Å²) in [7, 11) is 1.66. The van der Waals surface area contributed by atoms with Gasteiger partial charge in [0.2, 0.25) is 0 Å². The molecule has 0 spiro atoms. The standard InChI is InChI=1S/C12H17N5O2S/c1-5-16(6-2)10(18)8(3)9-14-11(19)15(4)12-17(9)13-7-20-12/h7H,5-6H2,1-4H3/p+1. The van der Waals surface area contributed by atoms with Crippen LogP contribution in [0.4, 0.5) is 9.93 Å². The van der Waals surface area contributed by atoms with Crippen LogP contribution in [0.2, 0.25) is 0 Å². The zero-order valence-electron chi connectivity index (χ0n) is 12.0. The first-order valence-electron chi connectivity index (χ1n) is 6.42. The van der Waals surface area contributed by atoms with Gasteiger partial charge in [-0.1, -0.05) is 4.68 Å². The van der Waals surface area contributed by atoms with Crippen molar-refractivity contribution in [2.45, 2.75) is 20.8 Å². The molecule has 1 aromatic heterocycles. The lowest BCUT2D eigenvalue weighted by Crippen LogP contribution is -2.57. The minimum atomic E-state index is -0.268. The third-order valence-electron chi connectivity index (χ3n) is 3.26. The van der Waals surface area contributed by atoms with E-state index in [4.69, 9.17) is 0 Å². The van der Waals surface area contributed by atoms with E-state index in [0.29, 0.717) is 29.6 Å². The number of aromatic nitrogens is 2. The Morgan fingerprint density at radius 1 is 1.50 bits per heavy atom. The highest BCUT2D eigenvalue weighted by Crippen LogP contribution is 2.20. The Morgan fingerprint density at radius 2 is 2.15 bits per heavy atom. The van der Waals surface area contributed by atoms with Gasteiger partial charge in [-0.15, -0.1) is 5.10 Å². The number of carbonyl (C=O) groups excluding carboxylic acids is 2. The number of urea groups is 1. The number of amides is 3. The average molecular weight is 296 g/mol. The fraction of sp³-hybridized carbons (Fsp3) is 0.500. The lowest BCUT2D eigenvalue weighted by Gasteiger charge is -2.21. The Kier molecular flexibility index (Phi) is 4.03. The summed E-state index contributed by atoms with van der Waals surface area (Å²) in [6.45, 7) is 6.81. The molecule has 7 nitrogen and oxygen atoms in total. The van der Waals surface area contributed by atoms with Crippen molar-refractivity contribution in [3.05, 3.63) is 11.1 Å². The summed E-state index contributed by atoms with van der Waals surface area (Å²) >= 11 is 1.35. The first-order chi connectivity index (χ1) is 9.51. The maximum Gasteiger partial charge on any atom is 0.444 e. The molecule has 0 bridgehead atoms. The van der Waals surface area contributed by atoms with Gasteiger partial charge in [-0.05, 0) is 32.1 Å². The number of anilines is 1. The van der Waals surface area contributed by atoms with Crippen LogP contribution in [0.15, 0.2) is 11.1 Å². The minimum Gasteiger partial charge on any atom is -0.339 e. The summed E-state index contributed by atoms with van der Waals surface area (Å²) in [6, 6.07) is -0.268. The van der Waals surface area contributed by atoms with Gasteiger partial charge < -0.3 is 4.90 Å². The topological polar surface area (TPSA) is 69.4 Å². The fourth-order valence-electron chi connectivity index (χ4n) is 2.02. The summed E-state index contributed by atoms with van der Waals surface area (Å²) in [5, 5.41) is 7.58. The predicted octanol–water partition coefficient (Wildman–Crippen LogP) is 0.647. The van der Waals surface area contributed by atoms with Crippen LogP contribution in [-0.2, 0) is 4.79 Å². The van der Waals surface area contributed by atoms with E-state index in [1.54, 1.807) is 29.1 Å². The van der Waals surface area contributed by atoms with Crippen LogP contribution in [0.3, 0.4) is 0 Å². The summed E-state index contributed by atoms with van der Waals surface area (Å²) < 4.78 is 1.59. The summed E-state index contributed by atoms with van der Waals surface area (Å²) in [5.41, 5.74) is 2.12. The highest BCUT2D eigenvalue weighted by molar-refractivity contribution is 7.13. The Labute approximate surface area is 121 Å². The molecule has 3 amide bonds. The van der Waals surface area contributed by atoms with E-state index in [0.717, 1.165) is 0 Å². The number of hydrogen-bond acceptors (Lipinski definition) is 4. The molecule has 0 atom stereocenters. The van der Waals surface area contributed by atoms with Gasteiger partial charge in [-0.25, -0.2) is 10.1 Å². The summed E-state index contributed by atoms with van der Waals surface area (Å²) in [6.07, 6.45) is 0. The molecule has 0 saturated heterocycles. The lowest BCUT2D eigenvalue weighted by atomic mass is 10.2. The van der Waals surface area contributed by atoms with Crippen LogP contribution in [0, 0.1) is 0 Å². The van der Waals surface area contributed by atoms with Crippen LogP contribution in [0.25, 0.3) is 5.82 Å². The monoisotopic (exact) mass is 296 g/mol. The van der Waals surface area contributed by atoms with Crippen LogP contribution >= 0.6 is 11.3 Å². The summed E-state index contributed by atoms with van der Waals surface area (Å²) in [5.74, 6) is 0.336. The zero-order chi connectivity index (χ0) is 14.9. The third kappa shape index (κ3) is 2.26. The van der Waals surface area contributed by atoms with E-state index >= 15 is 0 Å². The molecule has 1 aromatic rings. The molecule has 2 rings (SSSR count). The van der Waals surface area contributed by atoms with E-state index in [2.05, 4.69) is 10.4 Å². The second kappa shape index (κ2) is 5.58. The van der Waals surface area contributed by atoms with Crippen LogP contribution in [0.5, 0.6) is 0 Å². The Morgan fingerprint density at radius 3 is 2.75 bits per heavy atom. The molecular weight excluding hydrogens is 278 g/mol. The van der Waals surface area contributed by atoms with Crippen LogP contribution in [0.1, 0.15) is 20.8 Å². The van der Waals surface area contributed by atoms with E-state index in [1.165, 1.54) is 16.2 Å². The van der Waals surface area contributed by atoms with Gasteiger partial charge in [0.1, 0.15) is 5.51 Å². The predicted molar refractivity (Wildman–Crippen MR) is 76.1 cm³/mol. The minimum absolute atomic E-state index is 0.0960. The van der Waals surface area contributed by atoms with Gasteiger partial charge in [0.05, 0.1) is 12.6 Å². The summed E-state index contributed by atoms with van der Waals surface area (Å²) in [4.78, 5) is 27.5. The number of carbonyl (C=O) groups is 2. The zero-order valence-corrected chi connectivity index (χ0v) is 12.8. The largest absolute Gasteiger partial charge is 0.444 e. The number of rotatable bonds is 3. The van der Waals surface area contributed by atoms with Crippen LogP contribution < -0.4 is 14.9 Å². The molecule has 2 heterocycles. The van der Waals surface area contributed by atoms with Crippen LogP contribution in [-0.4, -0.2) is 42.1 Å². The van der Waals surface area contributed by atoms with Crippen molar-refractivity contribution in [1.82, 2.24) is 15.3 Å². The maximum atomic E-state index is 12.4. The second-order valence-corrected chi connectivity index (χ2v) is 5.18. The number of fused-ring (bicyclic) bond motifs is 1. The molecule has 0 radical (unpaired) electrons. The van der Waals surface area contributed by atoms with Crippen molar-refractivity contribution in [2.24, 2.45) is 0 Å². The molecule has 20 heavy (non-hydrogen) atoms. The highest BCUT2D eigenvalue weighted by atomic mass is 32.1. The number of likely N-dealkylation sites (N-methyl/N-ethyl adjacent to an activating group) is 1. The van der Waals surface area contributed by atoms with Gasteiger partial charge >= 0.3 is 11.2 Å². The highest BCUT2D eigenvalue weighted by Gasteiger charge is 2.37. The van der Waals surface area contributed by atoms with Gasteiger partial charge in [0, 0.05) is 13.1 Å². The van der Waals surface area contributed by atoms with E-state index in [-0.39, 0.29) is 11.9 Å². The first-order valence-corrected chi connectivity index (χ1v) is 7.30. The first kappa shape index (κ1) is 14.4. The quantitative estimate of drug-likeness (QED) is 0.657. The Balaban J connectivity index is 2.47. The maximum absolute atomic E-state index is 12.4. The van der Waals surface area contributed by atoms with E-state index < -0.39 is 0 Å². The SMILES string of the molecule is CCN(CC)C(=O)/C(C)=C1\NC(=O)N(C)c2scn[n+]21. The molecule has 1 N–H and O–H groups in total. The number of hydrogen-bond donors (Lipinski definition) is 1. The molecule has 1 aliphatic rings. The number of nitrogens with zero attached hydrogens (tertiary/aromatic N) is 4. The Bertz CT molecular complexity index is 576. The Hall–Kier alpha value is -1.96. The van der Waals surface area contributed by atoms with Crippen molar-refractivity contribution in [3.63, 3.8) is 0 Å². The average Bonchev–Trinajstić information content (AvgIpc) is 2.93. The third-order valence-corrected chi connectivity index (χ3v) is 4.11. The molecule has 0 aliphatic carbocycles. The van der Waals surface area contributed by atoms with Gasteiger partial charge in [0.25, 0.3) is 11.7 Å². The van der Waals surface area contributed by atoms with Crippen molar-refractivity contribution in [3.8, 4) is 0 Å². The second-order valence-electron chi connectivity index (χ2n) is 4.37. The molecule has 0 aromatic carbocycles. The van der Waals surface area contributed by atoms with Crippen molar-refractivity contribution in [2.75, 3.05) is 25.0 Å². The molecule has 108 valence electrons. The van der Waals surface area contributed by atoms with E-state index in [1.807, 2.05) is 13.8 Å². The molecular formula is C12H18N5O2S+. The molecule has 0 unspecified atom stereocenters. The normalized spacial score (nSPS) is 16.6. The fourth-order valence-corrected chi connectivity index (χ4v) is 2.73. The van der Waals surface area contributed by atoms with Crippen molar-refractivity contribution < 1.29 is 14.3 Å². The molecule has 0 saturated carbocycles. The lowest BCUT2D eigenvalue weighted by molar-refractivity contribution is -0.632.